The highest BCUT2D eigenvalue weighted by molar-refractivity contribution is 7.99. The number of amides is 1. The minimum Gasteiger partial charge on any atom is -0.378 e. The minimum atomic E-state index is 0.196. The molecule has 30 heavy (non-hydrogen) atoms. The van der Waals surface area contributed by atoms with Crippen LogP contribution in [0.2, 0.25) is 0 Å². The highest BCUT2D eigenvalue weighted by atomic mass is 32.2. The smallest absolute Gasteiger partial charge is 0.233 e. The largest absolute Gasteiger partial charge is 0.378 e. The molecule has 0 N–H and O–H groups in total. The Kier molecular flexibility index (Phi) is 6.94. The fraction of sp³-hybridized carbons (Fsp3) is 0.591. The van der Waals surface area contributed by atoms with E-state index >= 15 is 0 Å². The van der Waals surface area contributed by atoms with Crippen molar-refractivity contribution in [2.24, 2.45) is 0 Å². The lowest BCUT2D eigenvalue weighted by molar-refractivity contribution is -0.134. The van der Waals surface area contributed by atoms with Gasteiger partial charge in [-0.05, 0) is 38.7 Å². The van der Waals surface area contributed by atoms with Gasteiger partial charge in [-0.3, -0.25) is 9.36 Å². The molecule has 0 bridgehead atoms. The van der Waals surface area contributed by atoms with Crippen molar-refractivity contribution in [3.63, 3.8) is 0 Å². The maximum absolute atomic E-state index is 13.0. The van der Waals surface area contributed by atoms with Crippen LogP contribution in [0.25, 0.3) is 0 Å². The van der Waals surface area contributed by atoms with Gasteiger partial charge in [0.1, 0.15) is 0 Å². The predicted octanol–water partition coefficient (Wildman–Crippen LogP) is 3.04. The summed E-state index contributed by atoms with van der Waals surface area (Å²) in [5, 5.41) is 9.76. The van der Waals surface area contributed by atoms with Gasteiger partial charge in [-0.15, -0.1) is 10.2 Å². The molecule has 0 saturated carbocycles. The van der Waals surface area contributed by atoms with E-state index < -0.39 is 0 Å². The molecular weight excluding hydrogens is 398 g/mol. The van der Waals surface area contributed by atoms with E-state index in [4.69, 9.17) is 4.74 Å². The zero-order valence-corrected chi connectivity index (χ0v) is 18.7. The van der Waals surface area contributed by atoms with Gasteiger partial charge in [-0.2, -0.15) is 0 Å². The van der Waals surface area contributed by atoms with Crippen molar-refractivity contribution in [3.05, 3.63) is 35.9 Å². The molecule has 2 aromatic rings. The van der Waals surface area contributed by atoms with Crippen LogP contribution in [0.15, 0.2) is 35.5 Å². The number of hydrogen-bond acceptors (Lipinski definition) is 6. The van der Waals surface area contributed by atoms with Crippen LogP contribution in [0.5, 0.6) is 0 Å². The molecule has 1 aromatic carbocycles. The Hall–Kier alpha value is -2.06. The van der Waals surface area contributed by atoms with E-state index in [9.17, 15) is 4.79 Å². The molecule has 2 fully saturated rings. The third-order valence-electron chi connectivity index (χ3n) is 5.98. The lowest BCUT2D eigenvalue weighted by Crippen LogP contribution is -2.48. The number of aromatic nitrogens is 3. The number of benzene rings is 1. The van der Waals surface area contributed by atoms with Gasteiger partial charge in [0.2, 0.25) is 11.9 Å². The molecule has 162 valence electrons. The van der Waals surface area contributed by atoms with Crippen LogP contribution >= 0.6 is 11.8 Å². The van der Waals surface area contributed by atoms with Crippen LogP contribution in [0.1, 0.15) is 38.7 Å². The van der Waals surface area contributed by atoms with Gasteiger partial charge >= 0.3 is 0 Å². The van der Waals surface area contributed by atoms with Gasteiger partial charge in [0.15, 0.2) is 5.16 Å². The molecule has 2 aliphatic rings. The minimum absolute atomic E-state index is 0.196. The van der Waals surface area contributed by atoms with E-state index in [1.54, 1.807) is 0 Å². The fourth-order valence-corrected chi connectivity index (χ4v) is 5.21. The monoisotopic (exact) mass is 429 g/mol. The van der Waals surface area contributed by atoms with Crippen molar-refractivity contribution >= 4 is 23.6 Å². The number of piperidine rings is 1. The molecule has 1 aromatic heterocycles. The van der Waals surface area contributed by atoms with Crippen molar-refractivity contribution in [1.29, 1.82) is 0 Å². The lowest BCUT2D eigenvalue weighted by Gasteiger charge is -2.39. The number of hydrogen-bond donors (Lipinski definition) is 0. The van der Waals surface area contributed by atoms with Gasteiger partial charge in [-0.25, -0.2) is 0 Å². The van der Waals surface area contributed by atoms with Gasteiger partial charge in [0, 0.05) is 25.2 Å². The Bertz CT molecular complexity index is 827. The van der Waals surface area contributed by atoms with E-state index in [0.29, 0.717) is 37.6 Å². The normalized spacial score (nSPS) is 22.3. The molecule has 0 unspecified atom stereocenters. The summed E-state index contributed by atoms with van der Waals surface area (Å²) in [5.74, 6) is 1.45. The molecule has 0 spiro atoms. The summed E-state index contributed by atoms with van der Waals surface area (Å²) in [4.78, 5) is 17.3. The number of thioether (sulfide) groups is 1. The SMILES string of the molecule is C[C@H]1CCC[C@H](C)N1C(=O)CSc1nnc(N2CCOCC2)n1Cc1ccccc1. The van der Waals surface area contributed by atoms with E-state index in [1.165, 1.54) is 23.7 Å². The van der Waals surface area contributed by atoms with Crippen LogP contribution < -0.4 is 4.90 Å². The standard InChI is InChI=1S/C22H31N5O2S/c1-17-7-6-8-18(2)27(17)20(28)16-30-22-24-23-21(25-11-13-29-14-12-25)26(22)15-19-9-4-3-5-10-19/h3-5,9-10,17-18H,6-8,11-16H2,1-2H3/t17-,18-/m0/s1. The zero-order chi connectivity index (χ0) is 20.9. The number of ether oxygens (including phenoxy) is 1. The first kappa shape index (κ1) is 21.2. The molecule has 4 rings (SSSR count). The second-order valence-corrected chi connectivity index (χ2v) is 9.11. The van der Waals surface area contributed by atoms with Crippen molar-refractivity contribution in [3.8, 4) is 0 Å². The van der Waals surface area contributed by atoms with Gasteiger partial charge in [0.05, 0.1) is 25.5 Å². The topological polar surface area (TPSA) is 63.5 Å². The maximum Gasteiger partial charge on any atom is 0.233 e. The maximum atomic E-state index is 13.0. The van der Waals surface area contributed by atoms with Crippen molar-refractivity contribution in [1.82, 2.24) is 19.7 Å². The Morgan fingerprint density at radius 3 is 2.50 bits per heavy atom. The summed E-state index contributed by atoms with van der Waals surface area (Å²) < 4.78 is 7.64. The van der Waals surface area contributed by atoms with E-state index in [0.717, 1.165) is 37.0 Å². The zero-order valence-electron chi connectivity index (χ0n) is 17.9. The molecule has 8 heteroatoms. The number of anilines is 1. The molecule has 2 atom stereocenters. The highest BCUT2D eigenvalue weighted by Crippen LogP contribution is 2.27. The summed E-state index contributed by atoms with van der Waals surface area (Å²) in [7, 11) is 0. The first-order valence-electron chi connectivity index (χ1n) is 10.9. The summed E-state index contributed by atoms with van der Waals surface area (Å²) in [6.07, 6.45) is 3.38. The number of morpholine rings is 1. The Morgan fingerprint density at radius 2 is 1.80 bits per heavy atom. The number of carbonyl (C=O) groups excluding carboxylic acids is 1. The highest BCUT2D eigenvalue weighted by Gasteiger charge is 2.29. The third-order valence-corrected chi connectivity index (χ3v) is 6.93. The van der Waals surface area contributed by atoms with E-state index in [-0.39, 0.29) is 5.91 Å². The average Bonchev–Trinajstić information content (AvgIpc) is 3.16. The number of rotatable bonds is 6. The van der Waals surface area contributed by atoms with Crippen LogP contribution in [-0.4, -0.2) is 69.7 Å². The number of likely N-dealkylation sites (tertiary alicyclic amines) is 1. The summed E-state index contributed by atoms with van der Waals surface area (Å²) >= 11 is 1.50. The molecule has 0 aliphatic carbocycles. The number of carbonyl (C=O) groups is 1. The first-order valence-corrected chi connectivity index (χ1v) is 11.9. The Morgan fingerprint density at radius 1 is 1.10 bits per heavy atom. The Balaban J connectivity index is 1.51. The fourth-order valence-electron chi connectivity index (χ4n) is 4.40. The predicted molar refractivity (Wildman–Crippen MR) is 119 cm³/mol. The first-order chi connectivity index (χ1) is 14.6. The average molecular weight is 430 g/mol. The molecule has 2 aliphatic heterocycles. The van der Waals surface area contributed by atoms with Gasteiger partial charge in [-0.1, -0.05) is 42.1 Å². The summed E-state index contributed by atoms with van der Waals surface area (Å²) in [5.41, 5.74) is 1.19. The molecule has 3 heterocycles. The van der Waals surface area contributed by atoms with E-state index in [1.807, 2.05) is 18.2 Å². The van der Waals surface area contributed by atoms with Crippen molar-refractivity contribution in [2.75, 3.05) is 37.0 Å². The summed E-state index contributed by atoms with van der Waals surface area (Å²) in [6.45, 7) is 8.01. The lowest BCUT2D eigenvalue weighted by atomic mass is 9.98. The molecule has 0 radical (unpaired) electrons. The molecule has 1 amide bonds. The number of nitrogens with zero attached hydrogens (tertiary/aromatic N) is 5. The second kappa shape index (κ2) is 9.83. The van der Waals surface area contributed by atoms with Crippen LogP contribution in [0.4, 0.5) is 5.95 Å². The molecule has 7 nitrogen and oxygen atoms in total. The quantitative estimate of drug-likeness (QED) is 0.658. The third kappa shape index (κ3) is 4.81. The van der Waals surface area contributed by atoms with Gasteiger partial charge < -0.3 is 14.5 Å². The Labute approximate surface area is 182 Å². The van der Waals surface area contributed by atoms with Gasteiger partial charge in [0.25, 0.3) is 0 Å². The van der Waals surface area contributed by atoms with Crippen molar-refractivity contribution < 1.29 is 9.53 Å². The van der Waals surface area contributed by atoms with E-state index in [2.05, 4.69) is 50.5 Å². The van der Waals surface area contributed by atoms with Crippen LogP contribution in [0, 0.1) is 0 Å². The molecule has 2 saturated heterocycles. The van der Waals surface area contributed by atoms with Crippen LogP contribution in [0.3, 0.4) is 0 Å². The summed E-state index contributed by atoms with van der Waals surface area (Å²) in [6, 6.07) is 11.0. The van der Waals surface area contributed by atoms with Crippen molar-refractivity contribution in [2.45, 2.75) is 56.9 Å². The molecular formula is C22H31N5O2S. The van der Waals surface area contributed by atoms with Crippen LogP contribution in [-0.2, 0) is 16.1 Å². The second-order valence-electron chi connectivity index (χ2n) is 8.17.